The minimum atomic E-state index is 0.0595. The van der Waals surface area contributed by atoms with Crippen LogP contribution in [0.3, 0.4) is 0 Å². The highest BCUT2D eigenvalue weighted by molar-refractivity contribution is 5.68. The van der Waals surface area contributed by atoms with Crippen molar-refractivity contribution in [1.29, 1.82) is 5.26 Å². The van der Waals surface area contributed by atoms with E-state index in [1.165, 1.54) is 5.56 Å². The van der Waals surface area contributed by atoms with E-state index in [2.05, 4.69) is 36.5 Å². The van der Waals surface area contributed by atoms with Crippen LogP contribution in [0.25, 0.3) is 0 Å². The van der Waals surface area contributed by atoms with Gasteiger partial charge in [-0.05, 0) is 40.8 Å². The number of anilines is 1. The molecule has 0 aliphatic carbocycles. The molecule has 3 aromatic carbocycles. The van der Waals surface area contributed by atoms with E-state index in [9.17, 15) is 10.4 Å². The Morgan fingerprint density at radius 2 is 1.79 bits per heavy atom. The monoisotopic (exact) mass is 370 g/mol. The summed E-state index contributed by atoms with van der Waals surface area (Å²) in [6.07, 6.45) is 0. The summed E-state index contributed by atoms with van der Waals surface area (Å²) in [5.41, 5.74) is 4.85. The summed E-state index contributed by atoms with van der Waals surface area (Å²) in [6, 6.07) is 24.0. The number of hydrogen-bond donors (Lipinski definition) is 2. The minimum absolute atomic E-state index is 0.0595. The van der Waals surface area contributed by atoms with Crippen LogP contribution in [0.5, 0.6) is 11.5 Å². The molecule has 0 amide bonds. The van der Waals surface area contributed by atoms with Crippen LogP contribution in [0.1, 0.15) is 41.1 Å². The van der Waals surface area contributed by atoms with Crippen molar-refractivity contribution >= 4 is 5.69 Å². The van der Waals surface area contributed by atoms with E-state index in [1.54, 1.807) is 13.2 Å². The number of nitrogens with one attached hydrogen (secondary N) is 1. The fourth-order valence-corrected chi connectivity index (χ4v) is 4.26. The summed E-state index contributed by atoms with van der Waals surface area (Å²) in [6.45, 7) is 2.22. The van der Waals surface area contributed by atoms with Gasteiger partial charge in [0.15, 0.2) is 11.5 Å². The highest BCUT2D eigenvalue weighted by Gasteiger charge is 2.36. The molecule has 28 heavy (non-hydrogen) atoms. The topological polar surface area (TPSA) is 65.3 Å². The van der Waals surface area contributed by atoms with Crippen molar-refractivity contribution < 1.29 is 9.84 Å². The van der Waals surface area contributed by atoms with Gasteiger partial charge < -0.3 is 15.2 Å². The molecule has 0 aromatic heterocycles. The summed E-state index contributed by atoms with van der Waals surface area (Å²) >= 11 is 0. The molecule has 0 saturated carbocycles. The lowest BCUT2D eigenvalue weighted by atomic mass is 9.72. The third-order valence-electron chi connectivity index (χ3n) is 5.63. The predicted molar refractivity (Wildman–Crippen MR) is 110 cm³/mol. The number of methoxy groups -OCH3 is 1. The zero-order valence-corrected chi connectivity index (χ0v) is 15.9. The van der Waals surface area contributed by atoms with Crippen molar-refractivity contribution in [2.75, 3.05) is 12.4 Å². The molecule has 4 nitrogen and oxygen atoms in total. The molecule has 0 spiro atoms. The van der Waals surface area contributed by atoms with E-state index in [0.29, 0.717) is 11.3 Å². The van der Waals surface area contributed by atoms with E-state index in [-0.39, 0.29) is 23.6 Å². The number of aromatic hydroxyl groups is 1. The Morgan fingerprint density at radius 1 is 1.00 bits per heavy atom. The Balaban J connectivity index is 1.90. The molecule has 4 heteroatoms. The average Bonchev–Trinajstić information content (AvgIpc) is 2.74. The van der Waals surface area contributed by atoms with Gasteiger partial charge in [0.2, 0.25) is 0 Å². The highest BCUT2D eigenvalue weighted by atomic mass is 16.5. The lowest BCUT2D eigenvalue weighted by Crippen LogP contribution is -2.31. The van der Waals surface area contributed by atoms with Gasteiger partial charge in [-0.1, -0.05) is 55.5 Å². The Bertz CT molecular complexity index is 1040. The van der Waals surface area contributed by atoms with Gasteiger partial charge in [-0.25, -0.2) is 0 Å². The van der Waals surface area contributed by atoms with Gasteiger partial charge in [-0.3, -0.25) is 0 Å². The maximum atomic E-state index is 10.0. The lowest BCUT2D eigenvalue weighted by Gasteiger charge is -2.40. The second-order valence-corrected chi connectivity index (χ2v) is 7.18. The maximum Gasteiger partial charge on any atom is 0.160 e. The molecule has 0 saturated heterocycles. The van der Waals surface area contributed by atoms with Gasteiger partial charge in [0.25, 0.3) is 0 Å². The van der Waals surface area contributed by atoms with Gasteiger partial charge in [0.05, 0.1) is 24.4 Å². The predicted octanol–water partition coefficient (Wildman–Crippen LogP) is 5.21. The SMILES string of the molecule is COc1cc([C@@H]2c3cccc(C#N)c3N[C@H](c3ccccc3)[C@H]2C)ccc1O. The van der Waals surface area contributed by atoms with Crippen molar-refractivity contribution in [1.82, 2.24) is 0 Å². The zero-order chi connectivity index (χ0) is 19.7. The van der Waals surface area contributed by atoms with Crippen molar-refractivity contribution in [3.05, 3.63) is 89.0 Å². The number of phenolic OH excluding ortho intramolecular Hbond substituents is 1. The first kappa shape index (κ1) is 17.9. The molecular weight excluding hydrogens is 348 g/mol. The van der Waals surface area contributed by atoms with Crippen LogP contribution < -0.4 is 10.1 Å². The zero-order valence-electron chi connectivity index (χ0n) is 15.9. The van der Waals surface area contributed by atoms with Crippen LogP contribution in [0, 0.1) is 17.2 Å². The van der Waals surface area contributed by atoms with Crippen LogP contribution in [-0.2, 0) is 0 Å². The maximum absolute atomic E-state index is 10.0. The van der Waals surface area contributed by atoms with E-state index < -0.39 is 0 Å². The second kappa shape index (κ2) is 7.28. The third kappa shape index (κ3) is 2.95. The molecule has 0 radical (unpaired) electrons. The number of nitriles is 1. The first-order valence-electron chi connectivity index (χ1n) is 9.35. The number of benzene rings is 3. The summed E-state index contributed by atoms with van der Waals surface area (Å²) in [4.78, 5) is 0. The third-order valence-corrected chi connectivity index (χ3v) is 5.63. The van der Waals surface area contributed by atoms with Crippen LogP contribution in [0.2, 0.25) is 0 Å². The molecule has 1 heterocycles. The van der Waals surface area contributed by atoms with Crippen molar-refractivity contribution in [2.24, 2.45) is 5.92 Å². The Hall–Kier alpha value is -3.45. The Kier molecular flexibility index (Phi) is 4.67. The van der Waals surface area contributed by atoms with E-state index in [0.717, 1.165) is 16.8 Å². The molecule has 140 valence electrons. The largest absolute Gasteiger partial charge is 0.504 e. The molecule has 0 fully saturated rings. The molecule has 1 aliphatic rings. The normalized spacial score (nSPS) is 20.5. The number of ether oxygens (including phenoxy) is 1. The standard InChI is InChI=1S/C24H22N2O2/c1-15-22(17-11-12-20(27)21(13-17)28-2)19-10-6-9-18(14-25)24(19)26-23(15)16-7-4-3-5-8-16/h3-13,15,22-23,26-27H,1-2H3/t15-,22+,23-/m0/s1. The first-order valence-corrected chi connectivity index (χ1v) is 9.35. The van der Waals surface area contributed by atoms with E-state index in [1.807, 2.05) is 42.5 Å². The summed E-state index contributed by atoms with van der Waals surface area (Å²) in [5, 5.41) is 23.3. The molecule has 3 atom stereocenters. The molecular formula is C24H22N2O2. The first-order chi connectivity index (χ1) is 13.6. The lowest BCUT2D eigenvalue weighted by molar-refractivity contribution is 0.370. The van der Waals surface area contributed by atoms with Crippen LogP contribution in [-0.4, -0.2) is 12.2 Å². The number of hydrogen-bond acceptors (Lipinski definition) is 4. The van der Waals surface area contributed by atoms with Gasteiger partial charge in [0, 0.05) is 5.92 Å². The molecule has 2 N–H and O–H groups in total. The molecule has 0 bridgehead atoms. The molecule has 0 unspecified atom stereocenters. The average molecular weight is 370 g/mol. The van der Waals surface area contributed by atoms with Crippen LogP contribution in [0.15, 0.2) is 66.7 Å². The molecule has 1 aliphatic heterocycles. The minimum Gasteiger partial charge on any atom is -0.504 e. The highest BCUT2D eigenvalue weighted by Crippen LogP contribution is 2.49. The summed E-state index contributed by atoms with van der Waals surface area (Å²) < 4.78 is 5.34. The number of para-hydroxylation sites is 1. The fraction of sp³-hybridized carbons (Fsp3) is 0.208. The quantitative estimate of drug-likeness (QED) is 0.664. The van der Waals surface area contributed by atoms with Crippen molar-refractivity contribution in [3.63, 3.8) is 0 Å². The number of nitrogens with zero attached hydrogens (tertiary/aromatic N) is 1. The van der Waals surface area contributed by atoms with Gasteiger partial charge in [-0.15, -0.1) is 0 Å². The molecule has 4 rings (SSSR count). The van der Waals surface area contributed by atoms with Gasteiger partial charge >= 0.3 is 0 Å². The Morgan fingerprint density at radius 3 is 2.50 bits per heavy atom. The summed E-state index contributed by atoms with van der Waals surface area (Å²) in [7, 11) is 1.55. The van der Waals surface area contributed by atoms with Crippen LogP contribution >= 0.6 is 0 Å². The van der Waals surface area contributed by atoms with Crippen molar-refractivity contribution in [3.8, 4) is 17.6 Å². The van der Waals surface area contributed by atoms with Gasteiger partial charge in [-0.2, -0.15) is 5.26 Å². The van der Waals surface area contributed by atoms with E-state index >= 15 is 0 Å². The Labute approximate surface area is 165 Å². The smallest absolute Gasteiger partial charge is 0.160 e. The number of rotatable bonds is 3. The summed E-state index contributed by atoms with van der Waals surface area (Å²) in [5.74, 6) is 0.860. The van der Waals surface area contributed by atoms with Crippen LogP contribution in [0.4, 0.5) is 5.69 Å². The van der Waals surface area contributed by atoms with Gasteiger partial charge in [0.1, 0.15) is 6.07 Å². The van der Waals surface area contributed by atoms with Crippen molar-refractivity contribution in [2.45, 2.75) is 18.9 Å². The second-order valence-electron chi connectivity index (χ2n) is 7.18. The fourth-order valence-electron chi connectivity index (χ4n) is 4.26. The number of phenols is 1. The number of fused-ring (bicyclic) bond motifs is 1. The van der Waals surface area contributed by atoms with E-state index in [4.69, 9.17) is 4.74 Å². The molecule has 3 aromatic rings.